The predicted molar refractivity (Wildman–Crippen MR) is 105 cm³/mol. The van der Waals surface area contributed by atoms with E-state index >= 15 is 0 Å². The smallest absolute Gasteiger partial charge is 0.325 e. The van der Waals surface area contributed by atoms with E-state index < -0.39 is 12.0 Å². The third kappa shape index (κ3) is 3.90. The summed E-state index contributed by atoms with van der Waals surface area (Å²) >= 11 is 0. The number of piperidine rings is 1. The quantitative estimate of drug-likeness (QED) is 0.871. The number of nitrogens with zero attached hydrogens (tertiary/aromatic N) is 1. The van der Waals surface area contributed by atoms with Crippen molar-refractivity contribution in [2.75, 3.05) is 32.8 Å². The Morgan fingerprint density at radius 1 is 1.07 bits per heavy atom. The number of aliphatic carboxylic acids is 1. The summed E-state index contributed by atoms with van der Waals surface area (Å²) in [6.45, 7) is 3.75. The van der Waals surface area contributed by atoms with Crippen molar-refractivity contribution in [1.82, 2.24) is 10.2 Å². The molecule has 4 rings (SSSR count). The molecule has 2 fully saturated rings. The van der Waals surface area contributed by atoms with Gasteiger partial charge in [-0.05, 0) is 48.7 Å². The maximum absolute atomic E-state index is 12.2. The molecule has 5 nitrogen and oxygen atoms in total. The van der Waals surface area contributed by atoms with E-state index in [9.17, 15) is 9.90 Å². The number of morpholine rings is 1. The van der Waals surface area contributed by atoms with Crippen LogP contribution in [0.4, 0.5) is 0 Å². The Balaban J connectivity index is 1.62. The minimum Gasteiger partial charge on any atom is -0.480 e. The van der Waals surface area contributed by atoms with E-state index in [4.69, 9.17) is 4.74 Å². The van der Waals surface area contributed by atoms with Gasteiger partial charge in [0.25, 0.3) is 0 Å². The summed E-state index contributed by atoms with van der Waals surface area (Å²) in [5.74, 6) is -0.800. The molecule has 0 saturated carbocycles. The van der Waals surface area contributed by atoms with Crippen LogP contribution in [0.25, 0.3) is 11.1 Å². The summed E-state index contributed by atoms with van der Waals surface area (Å²) in [5.41, 5.74) is 2.76. The van der Waals surface area contributed by atoms with Gasteiger partial charge in [0, 0.05) is 13.1 Å². The van der Waals surface area contributed by atoms with Gasteiger partial charge in [0.05, 0.1) is 12.2 Å². The van der Waals surface area contributed by atoms with Crippen LogP contribution in [0.1, 0.15) is 24.4 Å². The fraction of sp³-hybridized carbons (Fsp3) is 0.409. The van der Waals surface area contributed by atoms with E-state index in [-0.39, 0.29) is 5.60 Å². The lowest BCUT2D eigenvalue weighted by Crippen LogP contribution is -2.57. The summed E-state index contributed by atoms with van der Waals surface area (Å²) in [6.07, 6.45) is 1.86. The van der Waals surface area contributed by atoms with Crippen LogP contribution in [0.3, 0.4) is 0 Å². The van der Waals surface area contributed by atoms with Crippen LogP contribution in [0.2, 0.25) is 0 Å². The van der Waals surface area contributed by atoms with E-state index in [0.29, 0.717) is 19.7 Å². The van der Waals surface area contributed by atoms with E-state index in [1.54, 1.807) is 0 Å². The molecule has 27 heavy (non-hydrogen) atoms. The monoisotopic (exact) mass is 366 g/mol. The first-order valence-corrected chi connectivity index (χ1v) is 9.64. The van der Waals surface area contributed by atoms with Gasteiger partial charge in [-0.2, -0.15) is 0 Å². The van der Waals surface area contributed by atoms with Gasteiger partial charge >= 0.3 is 5.97 Å². The lowest BCUT2D eigenvalue weighted by molar-refractivity contribution is -0.158. The van der Waals surface area contributed by atoms with Gasteiger partial charge in [-0.25, -0.2) is 0 Å². The largest absolute Gasteiger partial charge is 0.480 e. The zero-order chi connectivity index (χ0) is 18.7. The van der Waals surface area contributed by atoms with E-state index in [1.807, 2.05) is 54.6 Å². The summed E-state index contributed by atoms with van der Waals surface area (Å²) in [6, 6.07) is 17.4. The number of carboxylic acid groups (broad SMARTS) is 1. The van der Waals surface area contributed by atoms with Crippen molar-refractivity contribution in [3.05, 3.63) is 60.2 Å². The van der Waals surface area contributed by atoms with Gasteiger partial charge in [0.1, 0.15) is 6.04 Å². The summed E-state index contributed by atoms with van der Waals surface area (Å²) in [4.78, 5) is 14.3. The maximum atomic E-state index is 12.2. The first-order chi connectivity index (χ1) is 13.2. The van der Waals surface area contributed by atoms with Crippen LogP contribution in [-0.4, -0.2) is 54.4 Å². The molecule has 5 heteroatoms. The third-order valence-corrected chi connectivity index (χ3v) is 5.70. The number of carboxylic acids is 1. The van der Waals surface area contributed by atoms with Crippen LogP contribution in [0.15, 0.2) is 54.6 Å². The first kappa shape index (κ1) is 18.2. The van der Waals surface area contributed by atoms with E-state index in [2.05, 4.69) is 10.2 Å². The molecule has 0 amide bonds. The van der Waals surface area contributed by atoms with Crippen molar-refractivity contribution in [2.24, 2.45) is 0 Å². The number of ether oxygens (including phenoxy) is 1. The Morgan fingerprint density at radius 3 is 2.56 bits per heavy atom. The number of nitrogens with one attached hydrogen (secondary N) is 1. The zero-order valence-electron chi connectivity index (χ0n) is 15.4. The molecule has 0 aliphatic carbocycles. The molecule has 2 N–H and O–H groups in total. The Morgan fingerprint density at radius 2 is 1.81 bits per heavy atom. The molecule has 0 radical (unpaired) electrons. The number of hydrogen-bond donors (Lipinski definition) is 2. The number of hydrogen-bond acceptors (Lipinski definition) is 4. The molecule has 142 valence electrons. The molecular weight excluding hydrogens is 340 g/mol. The summed E-state index contributed by atoms with van der Waals surface area (Å²) in [7, 11) is 0. The van der Waals surface area contributed by atoms with Crippen LogP contribution < -0.4 is 5.32 Å². The normalized spacial score (nSPS) is 21.0. The molecule has 1 atom stereocenters. The van der Waals surface area contributed by atoms with Crippen molar-refractivity contribution in [1.29, 1.82) is 0 Å². The molecule has 0 aromatic heterocycles. The fourth-order valence-corrected chi connectivity index (χ4v) is 4.31. The van der Waals surface area contributed by atoms with Crippen LogP contribution >= 0.6 is 0 Å². The third-order valence-electron chi connectivity index (χ3n) is 5.70. The van der Waals surface area contributed by atoms with Gasteiger partial charge in [0.2, 0.25) is 0 Å². The Hall–Kier alpha value is -2.21. The van der Waals surface area contributed by atoms with E-state index in [0.717, 1.165) is 42.6 Å². The maximum Gasteiger partial charge on any atom is 0.325 e. The second-order valence-electron chi connectivity index (χ2n) is 7.48. The van der Waals surface area contributed by atoms with Crippen LogP contribution in [-0.2, 0) is 9.53 Å². The number of benzene rings is 2. The van der Waals surface area contributed by atoms with Crippen molar-refractivity contribution in [3.8, 4) is 11.1 Å². The molecule has 2 heterocycles. The lowest BCUT2D eigenvalue weighted by Gasteiger charge is -2.46. The predicted octanol–water partition coefficient (Wildman–Crippen LogP) is 2.93. The zero-order valence-corrected chi connectivity index (χ0v) is 15.4. The van der Waals surface area contributed by atoms with Crippen molar-refractivity contribution in [3.63, 3.8) is 0 Å². The highest BCUT2D eigenvalue weighted by Crippen LogP contribution is 2.33. The standard InChI is InChI=1S/C22H26N2O3/c25-21(26)20(24-13-14-27-22(16-24)9-11-23-12-10-22)19-8-4-7-18(15-19)17-5-2-1-3-6-17/h1-8,15,20,23H,9-14,16H2,(H,25,26). The highest BCUT2D eigenvalue weighted by molar-refractivity contribution is 5.77. The summed E-state index contributed by atoms with van der Waals surface area (Å²) < 4.78 is 6.12. The second-order valence-corrected chi connectivity index (χ2v) is 7.48. The molecule has 2 aromatic rings. The molecule has 1 unspecified atom stereocenters. The SMILES string of the molecule is O=C(O)C(c1cccc(-c2ccccc2)c1)N1CCOC2(CCNCC2)C1. The minimum absolute atomic E-state index is 0.214. The Kier molecular flexibility index (Phi) is 5.25. The summed E-state index contributed by atoms with van der Waals surface area (Å²) in [5, 5.41) is 13.4. The van der Waals surface area contributed by atoms with Gasteiger partial charge in [-0.1, -0.05) is 48.5 Å². The molecule has 2 aliphatic rings. The van der Waals surface area contributed by atoms with E-state index in [1.165, 1.54) is 0 Å². The topological polar surface area (TPSA) is 61.8 Å². The highest BCUT2D eigenvalue weighted by Gasteiger charge is 2.41. The van der Waals surface area contributed by atoms with Gasteiger partial charge < -0.3 is 15.2 Å². The molecule has 2 aliphatic heterocycles. The average Bonchev–Trinajstić information content (AvgIpc) is 2.69. The molecular formula is C22H26N2O3. The molecule has 0 bridgehead atoms. The Labute approximate surface area is 160 Å². The minimum atomic E-state index is -0.800. The van der Waals surface area contributed by atoms with Crippen molar-refractivity contribution >= 4 is 5.97 Å². The molecule has 2 saturated heterocycles. The first-order valence-electron chi connectivity index (χ1n) is 9.64. The molecule has 1 spiro atoms. The number of carbonyl (C=O) groups is 1. The highest BCUT2D eigenvalue weighted by atomic mass is 16.5. The van der Waals surface area contributed by atoms with Crippen LogP contribution in [0.5, 0.6) is 0 Å². The van der Waals surface area contributed by atoms with Crippen LogP contribution in [0, 0.1) is 0 Å². The van der Waals surface area contributed by atoms with Crippen molar-refractivity contribution < 1.29 is 14.6 Å². The van der Waals surface area contributed by atoms with Crippen molar-refractivity contribution in [2.45, 2.75) is 24.5 Å². The van der Waals surface area contributed by atoms with Gasteiger partial charge in [-0.15, -0.1) is 0 Å². The second kappa shape index (κ2) is 7.80. The van der Waals surface area contributed by atoms with Gasteiger partial charge in [-0.3, -0.25) is 9.69 Å². The average molecular weight is 366 g/mol. The number of rotatable bonds is 4. The molecule has 2 aromatic carbocycles. The Bertz CT molecular complexity index is 782. The van der Waals surface area contributed by atoms with Gasteiger partial charge in [0.15, 0.2) is 0 Å². The lowest BCUT2D eigenvalue weighted by atomic mass is 9.89. The fourth-order valence-electron chi connectivity index (χ4n) is 4.31.